The molecule has 23 heavy (non-hydrogen) atoms. The number of rotatable bonds is 3. The number of hydrogen-bond acceptors (Lipinski definition) is 4. The highest BCUT2D eigenvalue weighted by molar-refractivity contribution is 5.71. The molecule has 124 valence electrons. The monoisotopic (exact) mass is 313 g/mol. The molecule has 2 saturated heterocycles. The first-order valence-electron chi connectivity index (χ1n) is 9.03. The van der Waals surface area contributed by atoms with Crippen LogP contribution >= 0.6 is 0 Å². The molecule has 4 rings (SSSR count). The number of aromatic nitrogens is 3. The minimum Gasteiger partial charge on any atom is -0.303 e. The summed E-state index contributed by atoms with van der Waals surface area (Å²) in [6, 6.07) is 4.11. The van der Waals surface area contributed by atoms with Crippen LogP contribution in [0.5, 0.6) is 0 Å². The van der Waals surface area contributed by atoms with Crippen molar-refractivity contribution in [1.82, 2.24) is 24.3 Å². The lowest BCUT2D eigenvalue weighted by atomic mass is 10.1. The zero-order valence-corrected chi connectivity index (χ0v) is 14.3. The van der Waals surface area contributed by atoms with Gasteiger partial charge in [-0.15, -0.1) is 0 Å². The summed E-state index contributed by atoms with van der Waals surface area (Å²) in [5, 5.41) is 0. The minimum atomic E-state index is 0.411. The van der Waals surface area contributed by atoms with E-state index in [-0.39, 0.29) is 0 Å². The lowest BCUT2D eigenvalue weighted by Gasteiger charge is -2.35. The highest BCUT2D eigenvalue weighted by atomic mass is 15.3. The van der Waals surface area contributed by atoms with Crippen LogP contribution in [-0.4, -0.2) is 57.6 Å². The Labute approximate surface area is 138 Å². The van der Waals surface area contributed by atoms with Crippen molar-refractivity contribution in [2.24, 2.45) is 0 Å². The number of hydrogen-bond donors (Lipinski definition) is 0. The molecule has 0 radical (unpaired) electrons. The highest BCUT2D eigenvalue weighted by Crippen LogP contribution is 2.34. The molecule has 2 unspecified atom stereocenters. The van der Waals surface area contributed by atoms with Gasteiger partial charge in [0.1, 0.15) is 11.3 Å². The fourth-order valence-electron chi connectivity index (χ4n) is 4.24. The molecule has 0 N–H and O–H groups in total. The van der Waals surface area contributed by atoms with Crippen molar-refractivity contribution in [2.75, 3.05) is 33.2 Å². The van der Waals surface area contributed by atoms with E-state index in [1.54, 1.807) is 0 Å². The molecular weight excluding hydrogens is 286 g/mol. The molecule has 2 fully saturated rings. The van der Waals surface area contributed by atoms with E-state index in [2.05, 4.69) is 39.4 Å². The average molecular weight is 313 g/mol. The van der Waals surface area contributed by atoms with Gasteiger partial charge in [0.25, 0.3) is 0 Å². The van der Waals surface area contributed by atoms with Crippen LogP contribution < -0.4 is 0 Å². The second-order valence-electron chi connectivity index (χ2n) is 7.02. The van der Waals surface area contributed by atoms with Gasteiger partial charge in [0.15, 0.2) is 5.65 Å². The summed E-state index contributed by atoms with van der Waals surface area (Å²) in [5.41, 5.74) is 2.12. The number of likely N-dealkylation sites (tertiary alicyclic amines) is 2. The number of pyridine rings is 1. The molecule has 2 aliphatic heterocycles. The molecule has 0 amide bonds. The fraction of sp³-hybridized carbons (Fsp3) is 0.667. The maximum atomic E-state index is 5.02. The third kappa shape index (κ3) is 2.66. The zero-order chi connectivity index (χ0) is 15.8. The first-order chi connectivity index (χ1) is 11.3. The first kappa shape index (κ1) is 15.1. The average Bonchev–Trinajstić information content (AvgIpc) is 3.19. The SMILES string of the molecule is CCN1CCC(c2nc3cccnc3n2C2CCCCN2C)C1. The van der Waals surface area contributed by atoms with E-state index in [1.165, 1.54) is 44.6 Å². The highest BCUT2D eigenvalue weighted by Gasteiger charge is 2.32. The Kier molecular flexibility index (Phi) is 4.07. The summed E-state index contributed by atoms with van der Waals surface area (Å²) in [6.45, 7) is 6.89. The van der Waals surface area contributed by atoms with Crippen LogP contribution in [-0.2, 0) is 0 Å². The molecule has 5 heteroatoms. The van der Waals surface area contributed by atoms with Crippen molar-refractivity contribution in [2.45, 2.75) is 44.7 Å². The van der Waals surface area contributed by atoms with Crippen molar-refractivity contribution in [3.63, 3.8) is 0 Å². The standard InChI is InChI=1S/C18H27N5/c1-3-22-12-9-14(13-22)17-20-15-7-6-10-19-18(15)23(17)16-8-4-5-11-21(16)2/h6-7,10,14,16H,3-5,8-9,11-13H2,1-2H3. The maximum Gasteiger partial charge on any atom is 0.161 e. The molecule has 2 aliphatic rings. The molecular formula is C18H27N5. The Balaban J connectivity index is 1.78. The lowest BCUT2D eigenvalue weighted by molar-refractivity contribution is 0.126. The fourth-order valence-corrected chi connectivity index (χ4v) is 4.24. The first-order valence-corrected chi connectivity index (χ1v) is 9.03. The Morgan fingerprint density at radius 2 is 2.13 bits per heavy atom. The van der Waals surface area contributed by atoms with Crippen LogP contribution in [0.15, 0.2) is 18.3 Å². The zero-order valence-electron chi connectivity index (χ0n) is 14.3. The molecule has 0 aliphatic carbocycles. The van der Waals surface area contributed by atoms with E-state index in [9.17, 15) is 0 Å². The molecule has 2 aromatic rings. The molecule has 2 aromatic heterocycles. The Hall–Kier alpha value is -1.46. The van der Waals surface area contributed by atoms with E-state index in [4.69, 9.17) is 4.98 Å². The van der Waals surface area contributed by atoms with Crippen LogP contribution in [0.4, 0.5) is 0 Å². The number of imidazole rings is 1. The van der Waals surface area contributed by atoms with Gasteiger partial charge in [-0.3, -0.25) is 9.47 Å². The van der Waals surface area contributed by atoms with E-state index in [0.29, 0.717) is 12.1 Å². The van der Waals surface area contributed by atoms with Crippen molar-refractivity contribution in [1.29, 1.82) is 0 Å². The Morgan fingerprint density at radius 3 is 2.91 bits per heavy atom. The van der Waals surface area contributed by atoms with Gasteiger partial charge in [0.05, 0.1) is 6.17 Å². The number of fused-ring (bicyclic) bond motifs is 1. The van der Waals surface area contributed by atoms with Crippen LogP contribution in [0, 0.1) is 0 Å². The molecule has 2 atom stereocenters. The third-order valence-electron chi connectivity index (χ3n) is 5.59. The molecule has 0 spiro atoms. The van der Waals surface area contributed by atoms with E-state index >= 15 is 0 Å². The minimum absolute atomic E-state index is 0.411. The van der Waals surface area contributed by atoms with Gasteiger partial charge in [-0.05, 0) is 64.5 Å². The van der Waals surface area contributed by atoms with Gasteiger partial charge < -0.3 is 4.90 Å². The quantitative estimate of drug-likeness (QED) is 0.873. The van der Waals surface area contributed by atoms with Gasteiger partial charge in [-0.25, -0.2) is 9.97 Å². The summed E-state index contributed by atoms with van der Waals surface area (Å²) in [4.78, 5) is 14.7. The van der Waals surface area contributed by atoms with Crippen LogP contribution in [0.3, 0.4) is 0 Å². The van der Waals surface area contributed by atoms with Crippen molar-refractivity contribution >= 4 is 11.2 Å². The molecule has 0 saturated carbocycles. The summed E-state index contributed by atoms with van der Waals surface area (Å²) >= 11 is 0. The summed E-state index contributed by atoms with van der Waals surface area (Å²) in [7, 11) is 2.25. The molecule has 4 heterocycles. The van der Waals surface area contributed by atoms with Gasteiger partial charge in [0.2, 0.25) is 0 Å². The Bertz CT molecular complexity index is 679. The molecule has 5 nitrogen and oxygen atoms in total. The topological polar surface area (TPSA) is 37.2 Å². The van der Waals surface area contributed by atoms with Crippen LogP contribution in [0.1, 0.15) is 50.5 Å². The predicted molar refractivity (Wildman–Crippen MR) is 92.5 cm³/mol. The van der Waals surface area contributed by atoms with Crippen molar-refractivity contribution in [3.05, 3.63) is 24.2 Å². The van der Waals surface area contributed by atoms with Crippen molar-refractivity contribution < 1.29 is 0 Å². The molecule has 0 aromatic carbocycles. The maximum absolute atomic E-state index is 5.02. The second-order valence-corrected chi connectivity index (χ2v) is 7.02. The normalized spacial score (nSPS) is 27.0. The van der Waals surface area contributed by atoms with Crippen LogP contribution in [0.2, 0.25) is 0 Å². The predicted octanol–water partition coefficient (Wildman–Crippen LogP) is 2.85. The van der Waals surface area contributed by atoms with Crippen LogP contribution in [0.25, 0.3) is 11.2 Å². The Morgan fingerprint density at radius 1 is 1.22 bits per heavy atom. The summed E-state index contributed by atoms with van der Waals surface area (Å²) < 4.78 is 2.46. The van der Waals surface area contributed by atoms with E-state index in [1.807, 2.05) is 12.3 Å². The molecule has 0 bridgehead atoms. The van der Waals surface area contributed by atoms with E-state index in [0.717, 1.165) is 24.3 Å². The van der Waals surface area contributed by atoms with Gasteiger partial charge >= 0.3 is 0 Å². The second kappa shape index (κ2) is 6.21. The van der Waals surface area contributed by atoms with E-state index < -0.39 is 0 Å². The number of nitrogens with zero attached hydrogens (tertiary/aromatic N) is 5. The number of likely N-dealkylation sites (N-methyl/N-ethyl adjacent to an activating group) is 1. The van der Waals surface area contributed by atoms with Gasteiger partial charge in [-0.2, -0.15) is 0 Å². The van der Waals surface area contributed by atoms with Crippen molar-refractivity contribution in [3.8, 4) is 0 Å². The smallest absolute Gasteiger partial charge is 0.161 e. The summed E-state index contributed by atoms with van der Waals surface area (Å²) in [6.07, 6.45) is 7.33. The number of piperidine rings is 1. The largest absolute Gasteiger partial charge is 0.303 e. The van der Waals surface area contributed by atoms with Gasteiger partial charge in [0, 0.05) is 18.7 Å². The third-order valence-corrected chi connectivity index (χ3v) is 5.59. The van der Waals surface area contributed by atoms with Gasteiger partial charge in [-0.1, -0.05) is 6.92 Å². The lowest BCUT2D eigenvalue weighted by Crippen LogP contribution is -2.35. The summed E-state index contributed by atoms with van der Waals surface area (Å²) in [5.74, 6) is 1.80.